The highest BCUT2D eigenvalue weighted by molar-refractivity contribution is 5.75. The van der Waals surface area contributed by atoms with E-state index >= 15 is 0 Å². The highest BCUT2D eigenvalue weighted by atomic mass is 16.4. The van der Waals surface area contributed by atoms with Gasteiger partial charge in [0, 0.05) is 13.5 Å². The largest absolute Gasteiger partial charge is 0.480 e. The SMILES string of the molecule is CNC(=O)CCCN[C@H](C)C(=O)O. The first-order valence-corrected chi connectivity index (χ1v) is 4.24. The van der Waals surface area contributed by atoms with Crippen molar-refractivity contribution in [1.29, 1.82) is 0 Å². The van der Waals surface area contributed by atoms with E-state index < -0.39 is 12.0 Å². The van der Waals surface area contributed by atoms with Gasteiger partial charge in [0.05, 0.1) is 0 Å². The van der Waals surface area contributed by atoms with E-state index in [0.29, 0.717) is 19.4 Å². The minimum Gasteiger partial charge on any atom is -0.480 e. The van der Waals surface area contributed by atoms with Crippen LogP contribution in [-0.4, -0.2) is 36.6 Å². The highest BCUT2D eigenvalue weighted by Crippen LogP contribution is 1.88. The molecule has 13 heavy (non-hydrogen) atoms. The maximum atomic E-state index is 10.7. The number of carbonyl (C=O) groups is 2. The van der Waals surface area contributed by atoms with Crippen molar-refractivity contribution in [1.82, 2.24) is 10.6 Å². The first-order chi connectivity index (χ1) is 6.07. The van der Waals surface area contributed by atoms with E-state index in [2.05, 4.69) is 10.6 Å². The zero-order chi connectivity index (χ0) is 10.3. The summed E-state index contributed by atoms with van der Waals surface area (Å²) in [5.41, 5.74) is 0. The van der Waals surface area contributed by atoms with Crippen LogP contribution in [-0.2, 0) is 9.59 Å². The standard InChI is InChI=1S/C8H16N2O3/c1-6(8(12)13)10-5-3-4-7(11)9-2/h6,10H,3-5H2,1-2H3,(H,9,11)(H,12,13)/t6-/m1/s1. The van der Waals surface area contributed by atoms with Gasteiger partial charge in [-0.2, -0.15) is 0 Å². The van der Waals surface area contributed by atoms with Crippen molar-refractivity contribution in [3.05, 3.63) is 0 Å². The molecule has 1 amide bonds. The van der Waals surface area contributed by atoms with E-state index in [4.69, 9.17) is 5.11 Å². The molecule has 0 bridgehead atoms. The second-order valence-corrected chi connectivity index (χ2v) is 2.79. The highest BCUT2D eigenvalue weighted by Gasteiger charge is 2.08. The Hall–Kier alpha value is -1.10. The Kier molecular flexibility index (Phi) is 5.88. The summed E-state index contributed by atoms with van der Waals surface area (Å²) in [5, 5.41) is 13.8. The number of hydrogen-bond acceptors (Lipinski definition) is 3. The molecule has 0 saturated heterocycles. The third-order valence-electron chi connectivity index (χ3n) is 1.68. The van der Waals surface area contributed by atoms with E-state index in [1.807, 2.05) is 0 Å². The number of carboxylic acids is 1. The van der Waals surface area contributed by atoms with Crippen LogP contribution in [0.4, 0.5) is 0 Å². The Morgan fingerprint density at radius 2 is 2.08 bits per heavy atom. The van der Waals surface area contributed by atoms with Crippen LogP contribution in [0.2, 0.25) is 0 Å². The topological polar surface area (TPSA) is 78.4 Å². The first kappa shape index (κ1) is 11.9. The van der Waals surface area contributed by atoms with Crippen molar-refractivity contribution in [2.45, 2.75) is 25.8 Å². The molecule has 0 aliphatic heterocycles. The molecule has 0 aliphatic carbocycles. The van der Waals surface area contributed by atoms with E-state index in [9.17, 15) is 9.59 Å². The quantitative estimate of drug-likeness (QED) is 0.494. The molecule has 0 radical (unpaired) electrons. The van der Waals surface area contributed by atoms with Gasteiger partial charge in [0.15, 0.2) is 0 Å². The third kappa shape index (κ3) is 6.10. The number of carbonyl (C=O) groups excluding carboxylic acids is 1. The number of carboxylic acid groups (broad SMARTS) is 1. The zero-order valence-electron chi connectivity index (χ0n) is 7.96. The van der Waals surface area contributed by atoms with Gasteiger partial charge in [-0.25, -0.2) is 0 Å². The molecule has 0 unspecified atom stereocenters. The Labute approximate surface area is 77.5 Å². The molecule has 1 atom stereocenters. The lowest BCUT2D eigenvalue weighted by atomic mass is 10.2. The maximum absolute atomic E-state index is 10.7. The molecule has 0 saturated carbocycles. The van der Waals surface area contributed by atoms with Crippen LogP contribution in [0.1, 0.15) is 19.8 Å². The fourth-order valence-electron chi connectivity index (χ4n) is 0.780. The van der Waals surface area contributed by atoms with Gasteiger partial charge in [0.25, 0.3) is 0 Å². The molecule has 3 N–H and O–H groups in total. The van der Waals surface area contributed by atoms with Crippen LogP contribution in [0.15, 0.2) is 0 Å². The summed E-state index contributed by atoms with van der Waals surface area (Å²) < 4.78 is 0. The van der Waals surface area contributed by atoms with Gasteiger partial charge in [-0.3, -0.25) is 9.59 Å². The summed E-state index contributed by atoms with van der Waals surface area (Å²) in [6, 6.07) is -0.551. The monoisotopic (exact) mass is 188 g/mol. The van der Waals surface area contributed by atoms with Crippen molar-refractivity contribution >= 4 is 11.9 Å². The molecule has 0 heterocycles. The van der Waals surface area contributed by atoms with Gasteiger partial charge in [0.1, 0.15) is 6.04 Å². The minimum absolute atomic E-state index is 0.0234. The molecule has 5 nitrogen and oxygen atoms in total. The Morgan fingerprint density at radius 3 is 2.54 bits per heavy atom. The van der Waals surface area contributed by atoms with Crippen LogP contribution in [0, 0.1) is 0 Å². The fraction of sp³-hybridized carbons (Fsp3) is 0.750. The lowest BCUT2D eigenvalue weighted by molar-refractivity contribution is -0.138. The Balaban J connectivity index is 3.35. The molecule has 76 valence electrons. The zero-order valence-corrected chi connectivity index (χ0v) is 7.96. The molecule has 0 aliphatic rings. The molecule has 0 spiro atoms. The summed E-state index contributed by atoms with van der Waals surface area (Å²) >= 11 is 0. The summed E-state index contributed by atoms with van der Waals surface area (Å²) in [4.78, 5) is 21.1. The second-order valence-electron chi connectivity index (χ2n) is 2.79. The normalized spacial score (nSPS) is 12.2. The second kappa shape index (κ2) is 6.42. The van der Waals surface area contributed by atoms with Gasteiger partial charge >= 0.3 is 5.97 Å². The Bertz CT molecular complexity index is 182. The summed E-state index contributed by atoms with van der Waals surface area (Å²) in [7, 11) is 1.58. The van der Waals surface area contributed by atoms with E-state index in [1.165, 1.54) is 0 Å². The van der Waals surface area contributed by atoms with Crippen LogP contribution in [0.25, 0.3) is 0 Å². The molecule has 0 aromatic rings. The molecular formula is C8H16N2O3. The van der Waals surface area contributed by atoms with Gasteiger partial charge < -0.3 is 15.7 Å². The van der Waals surface area contributed by atoms with Crippen LogP contribution >= 0.6 is 0 Å². The van der Waals surface area contributed by atoms with Crippen LogP contribution < -0.4 is 10.6 Å². The van der Waals surface area contributed by atoms with Crippen LogP contribution in [0.3, 0.4) is 0 Å². The fourth-order valence-corrected chi connectivity index (χ4v) is 0.780. The van der Waals surface area contributed by atoms with Gasteiger partial charge in [-0.15, -0.1) is 0 Å². The summed E-state index contributed by atoms with van der Waals surface area (Å²) in [6.45, 7) is 2.11. The van der Waals surface area contributed by atoms with Crippen molar-refractivity contribution in [3.63, 3.8) is 0 Å². The van der Waals surface area contributed by atoms with Crippen molar-refractivity contribution < 1.29 is 14.7 Å². The molecule has 0 aromatic heterocycles. The van der Waals surface area contributed by atoms with Crippen molar-refractivity contribution in [2.24, 2.45) is 0 Å². The van der Waals surface area contributed by atoms with E-state index in [1.54, 1.807) is 14.0 Å². The molecule has 0 aromatic carbocycles. The van der Waals surface area contributed by atoms with Crippen molar-refractivity contribution in [2.75, 3.05) is 13.6 Å². The van der Waals surface area contributed by atoms with Gasteiger partial charge in [0.2, 0.25) is 5.91 Å². The summed E-state index contributed by atoms with van der Waals surface area (Å²) in [6.07, 6.45) is 1.08. The number of rotatable bonds is 6. The maximum Gasteiger partial charge on any atom is 0.320 e. The lowest BCUT2D eigenvalue weighted by Gasteiger charge is -2.07. The molecule has 5 heteroatoms. The number of amides is 1. The van der Waals surface area contributed by atoms with Gasteiger partial charge in [-0.1, -0.05) is 0 Å². The van der Waals surface area contributed by atoms with E-state index in [0.717, 1.165) is 0 Å². The Morgan fingerprint density at radius 1 is 1.46 bits per heavy atom. The minimum atomic E-state index is -0.875. The molecule has 0 fully saturated rings. The number of aliphatic carboxylic acids is 1. The van der Waals surface area contributed by atoms with Crippen LogP contribution in [0.5, 0.6) is 0 Å². The third-order valence-corrected chi connectivity index (χ3v) is 1.68. The number of nitrogens with one attached hydrogen (secondary N) is 2. The number of hydrogen-bond donors (Lipinski definition) is 3. The average molecular weight is 188 g/mol. The van der Waals surface area contributed by atoms with E-state index in [-0.39, 0.29) is 5.91 Å². The summed E-state index contributed by atoms with van der Waals surface area (Å²) in [5.74, 6) is -0.898. The predicted molar refractivity (Wildman–Crippen MR) is 48.4 cm³/mol. The first-order valence-electron chi connectivity index (χ1n) is 4.24. The molecule has 0 rings (SSSR count). The predicted octanol–water partition coefficient (Wildman–Crippen LogP) is -0.425. The van der Waals surface area contributed by atoms with Crippen molar-refractivity contribution in [3.8, 4) is 0 Å². The molecular weight excluding hydrogens is 172 g/mol. The van der Waals surface area contributed by atoms with Gasteiger partial charge in [-0.05, 0) is 19.9 Å². The lowest BCUT2D eigenvalue weighted by Crippen LogP contribution is -2.34. The average Bonchev–Trinajstić information content (AvgIpc) is 2.11. The smallest absolute Gasteiger partial charge is 0.320 e.